The lowest BCUT2D eigenvalue weighted by molar-refractivity contribution is -0.137. The van der Waals surface area contributed by atoms with E-state index in [4.69, 9.17) is 14.2 Å². The third kappa shape index (κ3) is 5.93. The van der Waals surface area contributed by atoms with Crippen molar-refractivity contribution in [2.45, 2.75) is 6.42 Å². The van der Waals surface area contributed by atoms with Crippen molar-refractivity contribution >= 4 is 29.3 Å². The number of hydrogen-bond donors (Lipinski definition) is 1. The summed E-state index contributed by atoms with van der Waals surface area (Å²) in [4.78, 5) is 24.1. The third-order valence-corrected chi connectivity index (χ3v) is 4.28. The second-order valence-electron chi connectivity index (χ2n) is 5.20. The van der Waals surface area contributed by atoms with Gasteiger partial charge in [0.05, 0.1) is 25.7 Å². The van der Waals surface area contributed by atoms with Crippen LogP contribution in [-0.2, 0) is 9.53 Å². The highest BCUT2D eigenvalue weighted by molar-refractivity contribution is 7.12. The zero-order chi connectivity index (χ0) is 18.8. The minimum absolute atomic E-state index is 0.111. The molecule has 0 spiro atoms. The van der Waals surface area contributed by atoms with E-state index in [1.807, 2.05) is 17.5 Å². The summed E-state index contributed by atoms with van der Waals surface area (Å²) in [5.41, 5.74) is 0.794. The van der Waals surface area contributed by atoms with Gasteiger partial charge >= 0.3 is 5.97 Å². The lowest BCUT2D eigenvalue weighted by Crippen LogP contribution is -2.24. The molecule has 1 aromatic carbocycles. The van der Waals surface area contributed by atoms with Crippen molar-refractivity contribution < 1.29 is 23.8 Å². The Morgan fingerprint density at radius 2 is 1.96 bits per heavy atom. The predicted octanol–water partition coefficient (Wildman–Crippen LogP) is 3.14. The van der Waals surface area contributed by atoms with Crippen LogP contribution in [0.1, 0.15) is 21.7 Å². The molecular formula is C19H21NO5S. The number of rotatable bonds is 9. The second-order valence-corrected chi connectivity index (χ2v) is 6.15. The fourth-order valence-electron chi connectivity index (χ4n) is 2.11. The molecule has 0 aliphatic rings. The number of esters is 1. The topological polar surface area (TPSA) is 73.9 Å². The van der Waals surface area contributed by atoms with Crippen LogP contribution in [0.2, 0.25) is 0 Å². The Bertz CT molecular complexity index is 755. The number of amides is 1. The molecule has 0 aliphatic heterocycles. The van der Waals surface area contributed by atoms with Gasteiger partial charge in [-0.3, -0.25) is 4.79 Å². The summed E-state index contributed by atoms with van der Waals surface area (Å²) < 4.78 is 15.5. The molecule has 138 valence electrons. The van der Waals surface area contributed by atoms with Gasteiger partial charge in [-0.15, -0.1) is 11.3 Å². The molecule has 0 bridgehead atoms. The Morgan fingerprint density at radius 1 is 1.15 bits per heavy atom. The molecule has 1 N–H and O–H groups in total. The Morgan fingerprint density at radius 3 is 2.65 bits per heavy atom. The van der Waals surface area contributed by atoms with Crippen LogP contribution in [-0.4, -0.2) is 39.2 Å². The number of hydrogen-bond acceptors (Lipinski definition) is 6. The van der Waals surface area contributed by atoms with E-state index in [0.29, 0.717) is 29.3 Å². The van der Waals surface area contributed by atoms with Crippen molar-refractivity contribution in [3.05, 3.63) is 52.2 Å². The maximum Gasteiger partial charge on any atom is 0.330 e. The standard InChI is InChI=1S/C19H21NO5S/c1-23-15-8-6-14(13-16(15)24-2)7-9-18(21)25-11-4-10-20-19(22)17-5-3-12-26-17/h3,5-9,12-13H,4,10-11H2,1-2H3,(H,20,22)/b9-7+. The van der Waals surface area contributed by atoms with E-state index >= 15 is 0 Å². The smallest absolute Gasteiger partial charge is 0.330 e. The van der Waals surface area contributed by atoms with Crippen LogP contribution in [0.5, 0.6) is 11.5 Å². The highest BCUT2D eigenvalue weighted by Gasteiger charge is 2.06. The second kappa shape index (κ2) is 10.2. The summed E-state index contributed by atoms with van der Waals surface area (Å²) in [5.74, 6) is 0.658. The molecule has 0 saturated heterocycles. The molecule has 0 fully saturated rings. The van der Waals surface area contributed by atoms with E-state index in [2.05, 4.69) is 5.32 Å². The molecule has 0 atom stereocenters. The Kier molecular flexibility index (Phi) is 7.70. The number of benzene rings is 1. The average Bonchev–Trinajstić information content (AvgIpc) is 3.20. The Balaban J connectivity index is 1.70. The van der Waals surface area contributed by atoms with E-state index in [1.165, 1.54) is 17.4 Å². The quantitative estimate of drug-likeness (QED) is 0.414. The van der Waals surface area contributed by atoms with Gasteiger partial charge in [-0.1, -0.05) is 12.1 Å². The van der Waals surface area contributed by atoms with Crippen LogP contribution in [0.4, 0.5) is 0 Å². The highest BCUT2D eigenvalue weighted by Crippen LogP contribution is 2.27. The van der Waals surface area contributed by atoms with E-state index in [9.17, 15) is 9.59 Å². The zero-order valence-electron chi connectivity index (χ0n) is 14.7. The summed E-state index contributed by atoms with van der Waals surface area (Å²) in [6.07, 6.45) is 3.54. The van der Waals surface area contributed by atoms with Crippen molar-refractivity contribution in [2.75, 3.05) is 27.4 Å². The summed E-state index contributed by atoms with van der Waals surface area (Å²) >= 11 is 1.39. The first kappa shape index (κ1) is 19.5. The lowest BCUT2D eigenvalue weighted by atomic mass is 10.2. The molecule has 2 aromatic rings. The van der Waals surface area contributed by atoms with Crippen LogP contribution in [0, 0.1) is 0 Å². The van der Waals surface area contributed by atoms with Gasteiger partial charge in [0.2, 0.25) is 0 Å². The molecule has 2 rings (SSSR count). The van der Waals surface area contributed by atoms with Crippen LogP contribution in [0.3, 0.4) is 0 Å². The van der Waals surface area contributed by atoms with Gasteiger partial charge in [-0.05, 0) is 41.6 Å². The summed E-state index contributed by atoms with van der Waals surface area (Å²) in [5, 5.41) is 4.63. The van der Waals surface area contributed by atoms with Gasteiger partial charge in [0.25, 0.3) is 5.91 Å². The summed E-state index contributed by atoms with van der Waals surface area (Å²) in [7, 11) is 3.12. The fraction of sp³-hybridized carbons (Fsp3) is 0.263. The first-order valence-electron chi connectivity index (χ1n) is 8.02. The fourth-order valence-corrected chi connectivity index (χ4v) is 2.75. The minimum atomic E-state index is -0.440. The van der Waals surface area contributed by atoms with Crippen molar-refractivity contribution in [3.63, 3.8) is 0 Å². The van der Waals surface area contributed by atoms with Gasteiger partial charge in [0.15, 0.2) is 11.5 Å². The normalized spacial score (nSPS) is 10.5. The monoisotopic (exact) mass is 375 g/mol. The highest BCUT2D eigenvalue weighted by atomic mass is 32.1. The van der Waals surface area contributed by atoms with Crippen LogP contribution < -0.4 is 14.8 Å². The van der Waals surface area contributed by atoms with Crippen LogP contribution in [0.25, 0.3) is 6.08 Å². The van der Waals surface area contributed by atoms with Crippen molar-refractivity contribution in [1.29, 1.82) is 0 Å². The van der Waals surface area contributed by atoms with Crippen molar-refractivity contribution in [2.24, 2.45) is 0 Å². The lowest BCUT2D eigenvalue weighted by Gasteiger charge is -2.07. The van der Waals surface area contributed by atoms with Crippen LogP contribution >= 0.6 is 11.3 Å². The maximum atomic E-state index is 11.7. The largest absolute Gasteiger partial charge is 0.493 e. The molecule has 0 aliphatic carbocycles. The third-order valence-electron chi connectivity index (χ3n) is 3.42. The molecule has 6 nitrogen and oxygen atoms in total. The Labute approximate surface area is 156 Å². The summed E-state index contributed by atoms with van der Waals surface area (Å²) in [6, 6.07) is 8.93. The van der Waals surface area contributed by atoms with Crippen LogP contribution in [0.15, 0.2) is 41.8 Å². The first-order chi connectivity index (χ1) is 12.6. The predicted molar refractivity (Wildman–Crippen MR) is 101 cm³/mol. The number of ether oxygens (including phenoxy) is 3. The van der Waals surface area contributed by atoms with E-state index in [0.717, 1.165) is 5.56 Å². The van der Waals surface area contributed by atoms with Gasteiger partial charge in [0, 0.05) is 12.6 Å². The number of nitrogens with one attached hydrogen (secondary N) is 1. The van der Waals surface area contributed by atoms with Crippen molar-refractivity contribution in [3.8, 4) is 11.5 Å². The molecule has 7 heteroatoms. The molecule has 1 amide bonds. The minimum Gasteiger partial charge on any atom is -0.493 e. The van der Waals surface area contributed by atoms with Gasteiger partial charge < -0.3 is 19.5 Å². The number of methoxy groups -OCH3 is 2. The molecule has 1 aromatic heterocycles. The van der Waals surface area contributed by atoms with Gasteiger partial charge in [-0.2, -0.15) is 0 Å². The number of carbonyl (C=O) groups excluding carboxylic acids is 2. The molecule has 0 saturated carbocycles. The number of thiophene rings is 1. The SMILES string of the molecule is COc1ccc(/C=C/C(=O)OCCCNC(=O)c2cccs2)cc1OC. The molecule has 0 radical (unpaired) electrons. The number of carbonyl (C=O) groups is 2. The molecule has 1 heterocycles. The van der Waals surface area contributed by atoms with Gasteiger partial charge in [0.1, 0.15) is 0 Å². The van der Waals surface area contributed by atoms with E-state index in [1.54, 1.807) is 38.5 Å². The zero-order valence-corrected chi connectivity index (χ0v) is 15.5. The Hall–Kier alpha value is -2.80. The van der Waals surface area contributed by atoms with Gasteiger partial charge in [-0.25, -0.2) is 4.79 Å². The molecular weight excluding hydrogens is 354 g/mol. The van der Waals surface area contributed by atoms with E-state index < -0.39 is 5.97 Å². The first-order valence-corrected chi connectivity index (χ1v) is 8.90. The average molecular weight is 375 g/mol. The molecule has 26 heavy (non-hydrogen) atoms. The molecule has 0 unspecified atom stereocenters. The maximum absolute atomic E-state index is 11.7. The van der Waals surface area contributed by atoms with Crippen molar-refractivity contribution in [1.82, 2.24) is 5.32 Å². The summed E-state index contributed by atoms with van der Waals surface area (Å²) in [6.45, 7) is 0.684. The van der Waals surface area contributed by atoms with E-state index in [-0.39, 0.29) is 12.5 Å².